The topological polar surface area (TPSA) is 12.4 Å². The molecule has 5 aromatic rings. The van der Waals surface area contributed by atoms with Gasteiger partial charge in [-0.3, -0.25) is 4.99 Å². The molecule has 0 radical (unpaired) electrons. The molecule has 0 fully saturated rings. The second kappa shape index (κ2) is 9.00. The molecule has 0 atom stereocenters. The largest absolute Gasteiger partial charge is 0.264 e. The summed E-state index contributed by atoms with van der Waals surface area (Å²) < 4.78 is 0. The van der Waals surface area contributed by atoms with Gasteiger partial charge in [0, 0.05) is 5.56 Å². The lowest BCUT2D eigenvalue weighted by Crippen LogP contribution is -2.02. The Morgan fingerprint density at radius 2 is 1.20 bits per heavy atom. The van der Waals surface area contributed by atoms with E-state index in [1.54, 1.807) is 0 Å². The Kier molecular flexibility index (Phi) is 5.54. The van der Waals surface area contributed by atoms with Crippen LogP contribution in [0.25, 0.3) is 49.5 Å². The second-order valence-corrected chi connectivity index (χ2v) is 9.44. The zero-order valence-corrected chi connectivity index (χ0v) is 20.2. The Balaban J connectivity index is 1.54. The molecule has 0 amide bonds. The molecule has 0 saturated heterocycles. The van der Waals surface area contributed by atoms with Crippen LogP contribution >= 0.6 is 0 Å². The fraction of sp³-hybridized carbons (Fsp3) is 0.147. The summed E-state index contributed by atoms with van der Waals surface area (Å²) in [7, 11) is 0. The first-order valence-corrected chi connectivity index (χ1v) is 12.6. The third-order valence-corrected chi connectivity index (χ3v) is 7.49. The molecule has 0 saturated carbocycles. The van der Waals surface area contributed by atoms with Gasteiger partial charge in [0.05, 0.1) is 5.70 Å². The normalized spacial score (nSPS) is 13.7. The first kappa shape index (κ1) is 21.6. The minimum atomic E-state index is 0.923. The van der Waals surface area contributed by atoms with E-state index in [0.717, 1.165) is 11.3 Å². The zero-order valence-electron chi connectivity index (χ0n) is 20.2. The number of hydrogen-bond acceptors (Lipinski definition) is 1. The van der Waals surface area contributed by atoms with Gasteiger partial charge in [-0.05, 0) is 94.3 Å². The molecule has 1 heteroatoms. The number of benzene rings is 5. The lowest BCUT2D eigenvalue weighted by Gasteiger charge is -2.18. The van der Waals surface area contributed by atoms with Crippen LogP contribution in [0.5, 0.6) is 0 Å². The predicted octanol–water partition coefficient (Wildman–Crippen LogP) is 9.27. The summed E-state index contributed by atoms with van der Waals surface area (Å²) >= 11 is 0. The van der Waals surface area contributed by atoms with Gasteiger partial charge in [0.2, 0.25) is 0 Å². The van der Waals surface area contributed by atoms with Crippen molar-refractivity contribution in [1.29, 1.82) is 0 Å². The highest BCUT2D eigenvalue weighted by Crippen LogP contribution is 2.42. The molecule has 0 N–H and O–H groups in total. The van der Waals surface area contributed by atoms with Gasteiger partial charge in [-0.25, -0.2) is 0 Å². The molecular weight excluding hydrogens is 422 g/mol. The monoisotopic (exact) mass is 451 g/mol. The van der Waals surface area contributed by atoms with Gasteiger partial charge < -0.3 is 0 Å². The van der Waals surface area contributed by atoms with Crippen LogP contribution < -0.4 is 0 Å². The molecular formula is C34H29N. The number of nitrogens with zero attached hydrogens (tertiary/aromatic N) is 1. The number of aryl methyl sites for hydroxylation is 2. The molecule has 5 aromatic carbocycles. The summed E-state index contributed by atoms with van der Waals surface area (Å²) in [6, 6.07) is 33.5. The fourth-order valence-corrected chi connectivity index (χ4v) is 5.77. The van der Waals surface area contributed by atoms with Crippen molar-refractivity contribution in [2.24, 2.45) is 4.99 Å². The quantitative estimate of drug-likeness (QED) is 0.191. The lowest BCUT2D eigenvalue weighted by molar-refractivity contribution is 0.686. The lowest BCUT2D eigenvalue weighted by atomic mass is 9.86. The molecule has 0 unspecified atom stereocenters. The number of fused-ring (bicyclic) bond motifs is 3. The van der Waals surface area contributed by atoms with Crippen LogP contribution in [0, 0.1) is 0 Å². The van der Waals surface area contributed by atoms with E-state index in [4.69, 9.17) is 0 Å². The van der Waals surface area contributed by atoms with Crippen molar-refractivity contribution in [3.05, 3.63) is 114 Å². The van der Waals surface area contributed by atoms with Crippen LogP contribution in [-0.4, -0.2) is 6.72 Å². The molecule has 1 aliphatic rings. The number of aliphatic imine (C=N–C) groups is 1. The summed E-state index contributed by atoms with van der Waals surface area (Å²) in [4.78, 5) is 4.37. The molecule has 6 rings (SSSR count). The standard InChI is InChI=1S/C34H29N/c1-3-32(35-2)34-30-14-8-6-12-28(30)33(29-13-7-9-15-31(29)34)25-19-16-24(17-20-25)27-21-18-23-10-4-5-11-26(23)22-27/h3,6-9,12-22H,2,4-5,10-11H2,1H3/b32-3-. The maximum atomic E-state index is 4.37. The Bertz CT molecular complexity index is 1550. The number of hydrogen-bond donors (Lipinski definition) is 0. The summed E-state index contributed by atoms with van der Waals surface area (Å²) in [5.74, 6) is 0. The van der Waals surface area contributed by atoms with Crippen molar-refractivity contribution in [2.45, 2.75) is 32.6 Å². The first-order chi connectivity index (χ1) is 17.3. The summed E-state index contributed by atoms with van der Waals surface area (Å²) in [6.07, 6.45) is 7.11. The molecule has 170 valence electrons. The van der Waals surface area contributed by atoms with Crippen LogP contribution in [0.3, 0.4) is 0 Å². The van der Waals surface area contributed by atoms with E-state index in [-0.39, 0.29) is 0 Å². The molecule has 1 nitrogen and oxygen atoms in total. The molecule has 0 aromatic heterocycles. The van der Waals surface area contributed by atoms with E-state index in [1.807, 2.05) is 13.0 Å². The SMILES string of the molecule is C=N/C(=C\C)c1c2ccccc2c(-c2ccc(-c3ccc4c(c3)CCCC4)cc2)c2ccccc12. The Morgan fingerprint density at radius 1 is 0.657 bits per heavy atom. The summed E-state index contributed by atoms with van der Waals surface area (Å²) in [5, 5.41) is 4.90. The van der Waals surface area contributed by atoms with E-state index < -0.39 is 0 Å². The van der Waals surface area contributed by atoms with E-state index in [2.05, 4.69) is 103 Å². The Morgan fingerprint density at radius 3 is 1.80 bits per heavy atom. The number of allylic oxidation sites excluding steroid dienone is 1. The molecule has 0 spiro atoms. The van der Waals surface area contributed by atoms with Crippen LogP contribution in [0.15, 0.2) is 102 Å². The first-order valence-electron chi connectivity index (χ1n) is 12.6. The van der Waals surface area contributed by atoms with Crippen molar-refractivity contribution >= 4 is 34.0 Å². The molecule has 0 bridgehead atoms. The minimum absolute atomic E-state index is 0.923. The average Bonchev–Trinajstić information content (AvgIpc) is 2.93. The summed E-state index contributed by atoms with van der Waals surface area (Å²) in [6.45, 7) is 5.88. The highest BCUT2D eigenvalue weighted by molar-refractivity contribution is 6.18. The van der Waals surface area contributed by atoms with E-state index in [9.17, 15) is 0 Å². The number of rotatable bonds is 4. The highest BCUT2D eigenvalue weighted by Gasteiger charge is 2.17. The maximum Gasteiger partial charge on any atom is 0.0664 e. The van der Waals surface area contributed by atoms with Crippen molar-refractivity contribution in [3.8, 4) is 22.3 Å². The Labute approximate surface area is 207 Å². The van der Waals surface area contributed by atoms with E-state index in [0.29, 0.717) is 0 Å². The van der Waals surface area contributed by atoms with Crippen molar-refractivity contribution in [2.75, 3.05) is 0 Å². The van der Waals surface area contributed by atoms with Gasteiger partial charge in [-0.2, -0.15) is 0 Å². The van der Waals surface area contributed by atoms with Crippen molar-refractivity contribution < 1.29 is 0 Å². The molecule has 0 heterocycles. The van der Waals surface area contributed by atoms with Crippen LogP contribution in [0.4, 0.5) is 0 Å². The smallest absolute Gasteiger partial charge is 0.0664 e. The van der Waals surface area contributed by atoms with E-state index >= 15 is 0 Å². The minimum Gasteiger partial charge on any atom is -0.264 e. The molecule has 0 aliphatic heterocycles. The van der Waals surface area contributed by atoms with E-state index in [1.165, 1.54) is 80.6 Å². The van der Waals surface area contributed by atoms with Gasteiger partial charge in [0.1, 0.15) is 0 Å². The maximum absolute atomic E-state index is 4.37. The van der Waals surface area contributed by atoms with Gasteiger partial charge in [0.25, 0.3) is 0 Å². The fourth-order valence-electron chi connectivity index (χ4n) is 5.77. The highest BCUT2D eigenvalue weighted by atomic mass is 14.7. The molecule has 35 heavy (non-hydrogen) atoms. The Hall–Kier alpha value is -3.97. The van der Waals surface area contributed by atoms with Crippen molar-refractivity contribution in [3.63, 3.8) is 0 Å². The van der Waals surface area contributed by atoms with Gasteiger partial charge in [0.15, 0.2) is 0 Å². The van der Waals surface area contributed by atoms with Gasteiger partial charge in [-0.1, -0.05) is 97.1 Å². The predicted molar refractivity (Wildman–Crippen MR) is 152 cm³/mol. The second-order valence-electron chi connectivity index (χ2n) is 9.44. The average molecular weight is 452 g/mol. The van der Waals surface area contributed by atoms with Crippen molar-refractivity contribution in [1.82, 2.24) is 0 Å². The third-order valence-electron chi connectivity index (χ3n) is 7.49. The zero-order chi connectivity index (χ0) is 23.8. The summed E-state index contributed by atoms with van der Waals surface area (Å²) in [5.41, 5.74) is 10.2. The van der Waals surface area contributed by atoms with Crippen LogP contribution in [0.2, 0.25) is 0 Å². The third kappa shape index (κ3) is 3.68. The molecule has 1 aliphatic carbocycles. The van der Waals surface area contributed by atoms with Gasteiger partial charge in [-0.15, -0.1) is 0 Å². The van der Waals surface area contributed by atoms with Crippen LogP contribution in [-0.2, 0) is 12.8 Å². The van der Waals surface area contributed by atoms with Gasteiger partial charge >= 0.3 is 0 Å². The van der Waals surface area contributed by atoms with Crippen LogP contribution in [0.1, 0.15) is 36.5 Å².